The van der Waals surface area contributed by atoms with Crippen LogP contribution in [0.5, 0.6) is 11.5 Å². The van der Waals surface area contributed by atoms with Crippen molar-refractivity contribution in [1.82, 2.24) is 0 Å². The summed E-state index contributed by atoms with van der Waals surface area (Å²) in [6, 6.07) is 9.04. The van der Waals surface area contributed by atoms with Crippen LogP contribution < -0.4 is 14.4 Å². The van der Waals surface area contributed by atoms with Crippen LogP contribution in [-0.2, 0) is 16.0 Å². The largest absolute Gasteiger partial charge is 0.427 e. The average molecular weight is 413 g/mol. The lowest BCUT2D eigenvalue weighted by Crippen LogP contribution is -2.35. The standard InChI is InChI=1S/C21H21N2O7/c1-13(25)29-17-6-7-18(20(11-17)30-14(2)26)21(27)22-9-3-4-15-10-16(23(28)12-24)5-8-19(15)22/h5-8,10-11,24H,3-4,9,12H2,1-2H3/q+1. The number of benzene rings is 2. The summed E-state index contributed by atoms with van der Waals surface area (Å²) in [5, 5.41) is 9.04. The smallest absolute Gasteiger partial charge is 0.308 e. The van der Waals surface area contributed by atoms with Crippen molar-refractivity contribution in [3.05, 3.63) is 52.4 Å². The highest BCUT2D eigenvalue weighted by Crippen LogP contribution is 2.34. The van der Waals surface area contributed by atoms with Gasteiger partial charge in [-0.2, -0.15) is 0 Å². The van der Waals surface area contributed by atoms with Crippen LogP contribution >= 0.6 is 0 Å². The van der Waals surface area contributed by atoms with Crippen molar-refractivity contribution >= 4 is 29.2 Å². The predicted octanol–water partition coefficient (Wildman–Crippen LogP) is 2.49. The van der Waals surface area contributed by atoms with Crippen molar-refractivity contribution < 1.29 is 33.7 Å². The van der Waals surface area contributed by atoms with Crippen molar-refractivity contribution in [3.8, 4) is 11.5 Å². The highest BCUT2D eigenvalue weighted by atomic mass is 16.5. The monoisotopic (exact) mass is 413 g/mol. The molecule has 0 unspecified atom stereocenters. The Kier molecular flexibility index (Phi) is 6.22. The third-order valence-electron chi connectivity index (χ3n) is 4.54. The number of nitrogens with zero attached hydrogens (tertiary/aromatic N) is 2. The maximum atomic E-state index is 13.3. The molecule has 0 aliphatic carbocycles. The van der Waals surface area contributed by atoms with Gasteiger partial charge in [0.25, 0.3) is 18.3 Å². The maximum absolute atomic E-state index is 13.3. The Bertz CT molecular complexity index is 1030. The normalized spacial score (nSPS) is 12.7. The van der Waals surface area contributed by atoms with E-state index in [4.69, 9.17) is 14.6 Å². The minimum absolute atomic E-state index is 0.0130. The lowest BCUT2D eigenvalue weighted by Gasteiger charge is -2.29. The molecule has 0 fully saturated rings. The number of fused-ring (bicyclic) bond motifs is 1. The van der Waals surface area contributed by atoms with Crippen molar-refractivity contribution in [2.24, 2.45) is 0 Å². The first-order valence-electron chi connectivity index (χ1n) is 9.31. The van der Waals surface area contributed by atoms with Gasteiger partial charge in [0.2, 0.25) is 0 Å². The van der Waals surface area contributed by atoms with E-state index in [9.17, 15) is 19.3 Å². The number of aliphatic hydroxyl groups is 1. The lowest BCUT2D eigenvalue weighted by molar-refractivity contribution is -0.505. The summed E-state index contributed by atoms with van der Waals surface area (Å²) in [7, 11) is 0. The number of ether oxygens (including phenoxy) is 2. The summed E-state index contributed by atoms with van der Waals surface area (Å²) in [6.45, 7) is 2.23. The highest BCUT2D eigenvalue weighted by molar-refractivity contribution is 6.09. The van der Waals surface area contributed by atoms with Crippen LogP contribution in [-0.4, -0.2) is 41.0 Å². The van der Waals surface area contributed by atoms with Gasteiger partial charge in [0.1, 0.15) is 11.5 Å². The van der Waals surface area contributed by atoms with Gasteiger partial charge in [0.15, 0.2) is 0 Å². The van der Waals surface area contributed by atoms with Gasteiger partial charge in [-0.05, 0) is 36.6 Å². The van der Waals surface area contributed by atoms with Crippen molar-refractivity contribution in [2.75, 3.05) is 18.2 Å². The van der Waals surface area contributed by atoms with E-state index in [1.165, 1.54) is 38.1 Å². The van der Waals surface area contributed by atoms with E-state index in [1.807, 2.05) is 0 Å². The molecule has 9 heteroatoms. The first kappa shape index (κ1) is 21.1. The lowest BCUT2D eigenvalue weighted by atomic mass is 9.99. The Balaban J connectivity index is 1.98. The zero-order valence-corrected chi connectivity index (χ0v) is 16.6. The fraction of sp³-hybridized carbons (Fsp3) is 0.286. The molecule has 2 aromatic rings. The summed E-state index contributed by atoms with van der Waals surface area (Å²) in [5.41, 5.74) is 1.88. The number of aryl methyl sites for hydroxylation is 1. The van der Waals surface area contributed by atoms with Gasteiger partial charge in [0, 0.05) is 49.2 Å². The second-order valence-electron chi connectivity index (χ2n) is 6.74. The Morgan fingerprint density at radius 3 is 2.47 bits per heavy atom. The molecule has 1 amide bonds. The molecule has 2 aromatic carbocycles. The molecule has 0 bridgehead atoms. The van der Waals surface area contributed by atoms with E-state index < -0.39 is 24.6 Å². The van der Waals surface area contributed by atoms with E-state index >= 15 is 0 Å². The van der Waals surface area contributed by atoms with Crippen LogP contribution in [0.1, 0.15) is 36.2 Å². The number of nitroso groups, excluding NO2 is 1. The fourth-order valence-corrected chi connectivity index (χ4v) is 3.32. The summed E-state index contributed by atoms with van der Waals surface area (Å²) >= 11 is 0. The first-order chi connectivity index (χ1) is 14.3. The minimum Gasteiger partial charge on any atom is -0.427 e. The minimum atomic E-state index is -0.665. The second-order valence-corrected chi connectivity index (χ2v) is 6.74. The molecule has 30 heavy (non-hydrogen) atoms. The van der Waals surface area contributed by atoms with E-state index in [-0.39, 0.29) is 17.1 Å². The maximum Gasteiger partial charge on any atom is 0.308 e. The highest BCUT2D eigenvalue weighted by Gasteiger charge is 2.28. The number of carbonyl (C=O) groups is 3. The van der Waals surface area contributed by atoms with Crippen LogP contribution in [0.3, 0.4) is 0 Å². The topological polar surface area (TPSA) is 113 Å². The van der Waals surface area contributed by atoms with Crippen LogP contribution in [0.15, 0.2) is 36.4 Å². The molecule has 0 saturated heterocycles. The molecule has 0 atom stereocenters. The molecule has 0 radical (unpaired) electrons. The Morgan fingerprint density at radius 1 is 1.07 bits per heavy atom. The number of rotatable bonds is 5. The quantitative estimate of drug-likeness (QED) is 0.347. The second kappa shape index (κ2) is 8.83. The van der Waals surface area contributed by atoms with Crippen molar-refractivity contribution in [2.45, 2.75) is 26.7 Å². The number of carbonyl (C=O) groups excluding carboxylic acids is 3. The zero-order chi connectivity index (χ0) is 21.8. The van der Waals surface area contributed by atoms with Gasteiger partial charge in [-0.1, -0.05) is 0 Å². The number of esters is 2. The third kappa shape index (κ3) is 4.52. The van der Waals surface area contributed by atoms with E-state index in [0.717, 1.165) is 5.56 Å². The SMILES string of the molecule is CC(=O)Oc1ccc(C(=O)N2CCCc3cc([N+](=O)CO)ccc32)c(OC(C)=O)c1. The predicted molar refractivity (Wildman–Crippen MR) is 106 cm³/mol. The molecule has 0 saturated carbocycles. The molecule has 1 aliphatic heterocycles. The average Bonchev–Trinajstić information content (AvgIpc) is 2.71. The number of aliphatic hydroxyl groups excluding tert-OH is 1. The fourth-order valence-electron chi connectivity index (χ4n) is 3.32. The number of anilines is 1. The van der Waals surface area contributed by atoms with Crippen LogP contribution in [0.25, 0.3) is 0 Å². The molecule has 9 nitrogen and oxygen atoms in total. The van der Waals surface area contributed by atoms with Crippen LogP contribution in [0.2, 0.25) is 0 Å². The third-order valence-corrected chi connectivity index (χ3v) is 4.54. The molecule has 0 spiro atoms. The molecule has 3 rings (SSSR count). The van der Waals surface area contributed by atoms with E-state index in [2.05, 4.69) is 0 Å². The first-order valence-corrected chi connectivity index (χ1v) is 9.31. The van der Waals surface area contributed by atoms with Gasteiger partial charge in [-0.3, -0.25) is 14.4 Å². The molecule has 1 aliphatic rings. The van der Waals surface area contributed by atoms with Gasteiger partial charge >= 0.3 is 11.9 Å². The van der Waals surface area contributed by atoms with Gasteiger partial charge in [-0.25, -0.2) is 0 Å². The molecular weight excluding hydrogens is 392 g/mol. The summed E-state index contributed by atoms with van der Waals surface area (Å²) in [6.07, 6.45) is 1.35. The van der Waals surface area contributed by atoms with Gasteiger partial charge in [0.05, 0.1) is 10.3 Å². The van der Waals surface area contributed by atoms with Crippen LogP contribution in [0.4, 0.5) is 11.4 Å². The molecule has 1 N–H and O–H groups in total. The summed E-state index contributed by atoms with van der Waals surface area (Å²) < 4.78 is 10.6. The van der Waals surface area contributed by atoms with Crippen LogP contribution in [0, 0.1) is 4.91 Å². The Labute approximate surface area is 172 Å². The Morgan fingerprint density at radius 2 is 1.80 bits per heavy atom. The Hall–Kier alpha value is -3.59. The molecule has 156 valence electrons. The molecular formula is C21H21N2O7+. The van der Waals surface area contributed by atoms with Crippen molar-refractivity contribution in [1.29, 1.82) is 0 Å². The van der Waals surface area contributed by atoms with E-state index in [0.29, 0.717) is 35.5 Å². The molecule has 0 aromatic heterocycles. The van der Waals surface area contributed by atoms with Crippen molar-refractivity contribution in [3.63, 3.8) is 0 Å². The number of hydrogen-bond donors (Lipinski definition) is 1. The summed E-state index contributed by atoms with van der Waals surface area (Å²) in [5.74, 6) is -1.42. The zero-order valence-electron chi connectivity index (χ0n) is 16.6. The number of amides is 1. The van der Waals surface area contributed by atoms with E-state index in [1.54, 1.807) is 17.0 Å². The van der Waals surface area contributed by atoms with Gasteiger partial charge in [-0.15, -0.1) is 0 Å². The summed E-state index contributed by atoms with van der Waals surface area (Å²) in [4.78, 5) is 49.2. The molecule has 1 heterocycles. The number of hydrogen-bond acceptors (Lipinski definition) is 7. The van der Waals surface area contributed by atoms with Gasteiger partial charge < -0.3 is 19.5 Å².